The number of aromatic nitrogens is 6. The molecular weight excluding hydrogens is 743 g/mol. The number of halogens is 2. The summed E-state index contributed by atoms with van der Waals surface area (Å²) >= 11 is 0. The van der Waals surface area contributed by atoms with E-state index in [9.17, 15) is 4.39 Å². The maximum Gasteiger partial charge on any atom is 0.165 e. The first kappa shape index (κ1) is 39.4. The Kier molecular flexibility index (Phi) is 11.0. The summed E-state index contributed by atoms with van der Waals surface area (Å²) in [6.45, 7) is 14.1. The second-order valence-corrected chi connectivity index (χ2v) is 16.0. The summed E-state index contributed by atoms with van der Waals surface area (Å²) in [6.07, 6.45) is 12.6. The molecule has 0 saturated heterocycles. The van der Waals surface area contributed by atoms with Crippen molar-refractivity contribution in [3.05, 3.63) is 145 Å². The van der Waals surface area contributed by atoms with Crippen LogP contribution >= 0.6 is 0 Å². The molecule has 0 aliphatic carbocycles. The molecule has 0 N–H and O–H groups in total. The van der Waals surface area contributed by atoms with Gasteiger partial charge in [-0.15, -0.1) is 0 Å². The molecule has 59 heavy (non-hydrogen) atoms. The number of hydrogen-bond acceptors (Lipinski definition) is 6. The van der Waals surface area contributed by atoms with Crippen LogP contribution in [0.3, 0.4) is 0 Å². The standard InChI is InChI=1S/C49H48F2N6O2/c1-29(2)42-15-10-36(23-52-42)44-25-54-48-19-14-38(27-56(44)48)34-12-17-47(40(50)21-34)59-33(7)9-8-31(5)43-16-11-37(24-53-43)45-26-55-49-20-32(6)39(28-57(45)49)35-13-18-46(41(51)22-35)58-30(3)4/h10-31,33H,8-9H2,1-7H3. The van der Waals surface area contributed by atoms with Crippen molar-refractivity contribution >= 4 is 11.3 Å². The number of nitrogens with zero attached hydrogens (tertiary/aromatic N) is 6. The van der Waals surface area contributed by atoms with E-state index in [1.807, 2.05) is 116 Å². The number of imidazole rings is 2. The number of pyridine rings is 4. The first-order valence-corrected chi connectivity index (χ1v) is 20.2. The minimum atomic E-state index is -0.407. The molecule has 8 aromatic rings. The molecule has 0 aliphatic rings. The van der Waals surface area contributed by atoms with Gasteiger partial charge in [0.25, 0.3) is 0 Å². The second kappa shape index (κ2) is 16.4. The fourth-order valence-corrected chi connectivity index (χ4v) is 7.45. The van der Waals surface area contributed by atoms with Crippen LogP contribution in [0.5, 0.6) is 11.5 Å². The van der Waals surface area contributed by atoms with Gasteiger partial charge < -0.3 is 9.47 Å². The Hall–Kier alpha value is -6.42. The highest BCUT2D eigenvalue weighted by Gasteiger charge is 2.17. The molecule has 2 unspecified atom stereocenters. The summed E-state index contributed by atoms with van der Waals surface area (Å²) in [6, 6.07) is 24.3. The molecule has 0 amide bonds. The predicted molar refractivity (Wildman–Crippen MR) is 230 cm³/mol. The van der Waals surface area contributed by atoms with Crippen LogP contribution in [-0.4, -0.2) is 40.9 Å². The molecule has 0 fully saturated rings. The zero-order valence-electron chi connectivity index (χ0n) is 34.4. The van der Waals surface area contributed by atoms with Crippen LogP contribution in [0.2, 0.25) is 0 Å². The maximum atomic E-state index is 15.5. The average molecular weight is 791 g/mol. The van der Waals surface area contributed by atoms with E-state index in [2.05, 4.69) is 47.9 Å². The Bertz CT molecular complexity index is 2760. The van der Waals surface area contributed by atoms with Gasteiger partial charge >= 0.3 is 0 Å². The van der Waals surface area contributed by atoms with Gasteiger partial charge in [0, 0.05) is 52.9 Å². The Morgan fingerprint density at radius 3 is 1.75 bits per heavy atom. The first-order chi connectivity index (χ1) is 28.4. The average Bonchev–Trinajstić information content (AvgIpc) is 3.85. The van der Waals surface area contributed by atoms with Crippen molar-refractivity contribution in [2.45, 2.75) is 85.4 Å². The fraction of sp³-hybridized carbons (Fsp3) is 0.265. The summed E-state index contributed by atoms with van der Waals surface area (Å²) in [7, 11) is 0. The van der Waals surface area contributed by atoms with Crippen LogP contribution in [0, 0.1) is 18.6 Å². The largest absolute Gasteiger partial charge is 0.488 e. The summed E-state index contributed by atoms with van der Waals surface area (Å²) in [5.41, 5.74) is 11.6. The van der Waals surface area contributed by atoms with Crippen molar-refractivity contribution in [2.24, 2.45) is 0 Å². The van der Waals surface area contributed by atoms with Gasteiger partial charge in [-0.2, -0.15) is 0 Å². The third-order valence-electron chi connectivity index (χ3n) is 10.8. The quantitative estimate of drug-likeness (QED) is 0.116. The fourth-order valence-electron chi connectivity index (χ4n) is 7.45. The Morgan fingerprint density at radius 2 is 1.12 bits per heavy atom. The monoisotopic (exact) mass is 790 g/mol. The lowest BCUT2D eigenvalue weighted by molar-refractivity contribution is 0.196. The molecule has 0 saturated carbocycles. The highest BCUT2D eigenvalue weighted by molar-refractivity contribution is 5.73. The molecule has 10 heteroatoms. The molecule has 300 valence electrons. The van der Waals surface area contributed by atoms with Crippen LogP contribution in [0.25, 0.3) is 56.1 Å². The van der Waals surface area contributed by atoms with E-state index in [-0.39, 0.29) is 29.6 Å². The topological polar surface area (TPSA) is 78.8 Å². The van der Waals surface area contributed by atoms with Crippen molar-refractivity contribution in [2.75, 3.05) is 0 Å². The molecule has 2 atom stereocenters. The zero-order valence-corrected chi connectivity index (χ0v) is 34.4. The van der Waals surface area contributed by atoms with E-state index in [1.54, 1.807) is 12.1 Å². The minimum Gasteiger partial charge on any atom is -0.488 e. The molecule has 6 aromatic heterocycles. The van der Waals surface area contributed by atoms with E-state index in [1.165, 1.54) is 12.1 Å². The van der Waals surface area contributed by atoms with Crippen LogP contribution < -0.4 is 9.47 Å². The molecular formula is C49H48F2N6O2. The highest BCUT2D eigenvalue weighted by atomic mass is 19.1. The van der Waals surface area contributed by atoms with Gasteiger partial charge in [-0.1, -0.05) is 32.9 Å². The SMILES string of the molecule is Cc1cc2ncc(-c3ccc(C(C)CCC(C)Oc4ccc(-c5ccc6ncc(-c7ccc(C(C)C)nc7)n6c5)cc4F)nc3)n2cc1-c1ccc(OC(C)C)c(F)c1. The van der Waals surface area contributed by atoms with Gasteiger partial charge in [0.15, 0.2) is 23.1 Å². The van der Waals surface area contributed by atoms with Crippen molar-refractivity contribution in [3.63, 3.8) is 0 Å². The van der Waals surface area contributed by atoms with Gasteiger partial charge in [0.1, 0.15) is 11.3 Å². The summed E-state index contributed by atoms with van der Waals surface area (Å²) in [5, 5.41) is 0. The number of aryl methyl sites for hydroxylation is 1. The van der Waals surface area contributed by atoms with Crippen LogP contribution in [0.15, 0.2) is 116 Å². The van der Waals surface area contributed by atoms with E-state index >= 15 is 4.39 Å². The highest BCUT2D eigenvalue weighted by Crippen LogP contribution is 2.33. The lowest BCUT2D eigenvalue weighted by atomic mass is 9.98. The molecule has 2 aromatic carbocycles. The maximum absolute atomic E-state index is 15.5. The summed E-state index contributed by atoms with van der Waals surface area (Å²) in [4.78, 5) is 18.7. The number of ether oxygens (including phenoxy) is 2. The summed E-state index contributed by atoms with van der Waals surface area (Å²) < 4.78 is 46.2. The normalized spacial score (nSPS) is 12.8. The van der Waals surface area contributed by atoms with E-state index < -0.39 is 11.6 Å². The lowest BCUT2D eigenvalue weighted by Gasteiger charge is -2.18. The predicted octanol–water partition coefficient (Wildman–Crippen LogP) is 12.3. The third kappa shape index (κ3) is 8.30. The Labute approximate surface area is 343 Å². The molecule has 8 nitrogen and oxygen atoms in total. The molecule has 8 rings (SSSR count). The van der Waals surface area contributed by atoms with Crippen LogP contribution in [0.4, 0.5) is 8.78 Å². The first-order valence-electron chi connectivity index (χ1n) is 20.2. The molecule has 6 heterocycles. The van der Waals surface area contributed by atoms with E-state index in [0.717, 1.165) is 85.9 Å². The number of fused-ring (bicyclic) bond motifs is 2. The van der Waals surface area contributed by atoms with Crippen molar-refractivity contribution in [3.8, 4) is 56.3 Å². The van der Waals surface area contributed by atoms with Gasteiger partial charge in [0.2, 0.25) is 0 Å². The Balaban J connectivity index is 0.906. The number of rotatable bonds is 13. The van der Waals surface area contributed by atoms with Crippen molar-refractivity contribution < 1.29 is 18.3 Å². The van der Waals surface area contributed by atoms with Gasteiger partial charge in [-0.25, -0.2) is 18.7 Å². The van der Waals surface area contributed by atoms with Crippen molar-refractivity contribution in [1.29, 1.82) is 0 Å². The van der Waals surface area contributed by atoms with Gasteiger partial charge in [0.05, 0.1) is 36.0 Å². The second-order valence-electron chi connectivity index (χ2n) is 16.0. The Morgan fingerprint density at radius 1 is 0.542 bits per heavy atom. The zero-order chi connectivity index (χ0) is 41.4. The van der Waals surface area contributed by atoms with Crippen LogP contribution in [-0.2, 0) is 0 Å². The van der Waals surface area contributed by atoms with Crippen molar-refractivity contribution in [1.82, 2.24) is 28.7 Å². The van der Waals surface area contributed by atoms with Gasteiger partial charge in [-0.3, -0.25) is 18.8 Å². The molecule has 0 radical (unpaired) electrons. The molecule has 0 bridgehead atoms. The molecule has 0 spiro atoms. The van der Waals surface area contributed by atoms with Crippen LogP contribution in [0.1, 0.15) is 83.2 Å². The van der Waals surface area contributed by atoms with Gasteiger partial charge in [-0.05, 0) is 141 Å². The van der Waals surface area contributed by atoms with E-state index in [0.29, 0.717) is 5.92 Å². The van der Waals surface area contributed by atoms with E-state index in [4.69, 9.17) is 14.5 Å². The lowest BCUT2D eigenvalue weighted by Crippen LogP contribution is -2.14. The molecule has 0 aliphatic heterocycles. The third-order valence-corrected chi connectivity index (χ3v) is 10.8. The number of hydrogen-bond donors (Lipinski definition) is 0. The number of benzene rings is 2. The minimum absolute atomic E-state index is 0.118. The smallest absolute Gasteiger partial charge is 0.165 e. The summed E-state index contributed by atoms with van der Waals surface area (Å²) in [5.74, 6) is 0.172.